The summed E-state index contributed by atoms with van der Waals surface area (Å²) in [5, 5.41) is 15.0. The third kappa shape index (κ3) is 7.92. The Hall–Kier alpha value is -5.04. The Balaban J connectivity index is 1.37. The Labute approximate surface area is 258 Å². The molecule has 0 radical (unpaired) electrons. The molecule has 5 rings (SSSR count). The minimum Gasteiger partial charge on any atom is -0.481 e. The van der Waals surface area contributed by atoms with E-state index in [4.69, 9.17) is 4.74 Å². The Kier molecular flexibility index (Phi) is 9.88. The lowest BCUT2D eigenvalue weighted by Gasteiger charge is -2.39. The molecular weight excluding hydrogens is 588 g/mol. The summed E-state index contributed by atoms with van der Waals surface area (Å²) in [4.78, 5) is 56.6. The zero-order chi connectivity index (χ0) is 31.9. The third-order valence-electron chi connectivity index (χ3n) is 7.74. The first-order valence-electron chi connectivity index (χ1n) is 14.5. The van der Waals surface area contributed by atoms with Gasteiger partial charge in [-0.25, -0.2) is 13.6 Å². The molecule has 2 aliphatic rings. The van der Waals surface area contributed by atoms with E-state index in [0.717, 1.165) is 0 Å². The Bertz CT molecular complexity index is 1540. The predicted molar refractivity (Wildman–Crippen MR) is 161 cm³/mol. The van der Waals surface area contributed by atoms with Gasteiger partial charge >= 0.3 is 12.0 Å². The molecule has 0 aromatic heterocycles. The summed E-state index contributed by atoms with van der Waals surface area (Å²) in [5.41, 5.74) is 1.68. The lowest BCUT2D eigenvalue weighted by Crippen LogP contribution is -2.54. The Morgan fingerprint density at radius 3 is 1.96 bits per heavy atom. The number of anilines is 2. The van der Waals surface area contributed by atoms with Crippen molar-refractivity contribution in [2.24, 2.45) is 0 Å². The van der Waals surface area contributed by atoms with Crippen molar-refractivity contribution in [3.05, 3.63) is 95.1 Å². The number of carboxylic acids is 1. The molecule has 1 unspecified atom stereocenters. The van der Waals surface area contributed by atoms with E-state index in [1.807, 2.05) is 4.90 Å². The van der Waals surface area contributed by atoms with Crippen LogP contribution in [0, 0.1) is 11.6 Å². The fraction of sp³-hybridized carbons (Fsp3) is 0.312. The second-order valence-corrected chi connectivity index (χ2v) is 10.7. The number of amides is 4. The Morgan fingerprint density at radius 1 is 0.756 bits per heavy atom. The first-order chi connectivity index (χ1) is 21.7. The van der Waals surface area contributed by atoms with E-state index in [2.05, 4.69) is 10.6 Å². The first-order valence-corrected chi connectivity index (χ1v) is 14.5. The molecule has 2 aliphatic heterocycles. The maximum absolute atomic E-state index is 13.5. The number of aliphatic carboxylic acids is 1. The van der Waals surface area contributed by atoms with Gasteiger partial charge in [-0.05, 0) is 60.2 Å². The van der Waals surface area contributed by atoms with Crippen LogP contribution in [0.4, 0.5) is 25.0 Å². The maximum Gasteiger partial charge on any atom is 0.320 e. The highest BCUT2D eigenvalue weighted by molar-refractivity contribution is 6.07. The predicted octanol–water partition coefficient (Wildman–Crippen LogP) is 3.74. The summed E-state index contributed by atoms with van der Waals surface area (Å²) < 4.78 is 32.3. The van der Waals surface area contributed by atoms with Crippen molar-refractivity contribution in [2.45, 2.75) is 12.5 Å². The molecule has 1 atom stereocenters. The molecule has 0 aliphatic carbocycles. The van der Waals surface area contributed by atoms with Gasteiger partial charge in [-0.3, -0.25) is 14.4 Å². The number of rotatable bonds is 8. The summed E-state index contributed by atoms with van der Waals surface area (Å²) >= 11 is 0. The number of nitrogens with one attached hydrogen (secondary N) is 2. The second kappa shape index (κ2) is 14.2. The van der Waals surface area contributed by atoms with Crippen molar-refractivity contribution in [1.29, 1.82) is 0 Å². The highest BCUT2D eigenvalue weighted by Gasteiger charge is 2.28. The Morgan fingerprint density at radius 2 is 1.33 bits per heavy atom. The van der Waals surface area contributed by atoms with E-state index in [-0.39, 0.29) is 17.2 Å². The van der Waals surface area contributed by atoms with Crippen LogP contribution in [-0.2, 0) is 9.53 Å². The van der Waals surface area contributed by atoms with Crippen LogP contribution in [0.5, 0.6) is 0 Å². The summed E-state index contributed by atoms with van der Waals surface area (Å²) in [6.45, 7) is 3.90. The van der Waals surface area contributed by atoms with Crippen LogP contribution >= 0.6 is 0 Å². The van der Waals surface area contributed by atoms with Gasteiger partial charge in [0.25, 0.3) is 11.8 Å². The molecule has 3 N–H and O–H groups in total. The number of piperazine rings is 1. The average Bonchev–Trinajstić information content (AvgIpc) is 3.05. The number of nitrogens with zero attached hydrogens (tertiary/aromatic N) is 3. The monoisotopic (exact) mass is 621 g/mol. The van der Waals surface area contributed by atoms with E-state index in [1.54, 1.807) is 21.9 Å². The quantitative estimate of drug-likeness (QED) is 0.349. The smallest absolute Gasteiger partial charge is 0.320 e. The zero-order valence-corrected chi connectivity index (χ0v) is 24.4. The number of halogens is 2. The van der Waals surface area contributed by atoms with Gasteiger partial charge in [-0.15, -0.1) is 0 Å². The summed E-state index contributed by atoms with van der Waals surface area (Å²) in [6.07, 6.45) is -0.433. The third-order valence-corrected chi connectivity index (χ3v) is 7.74. The number of ether oxygens (including phenoxy) is 1. The van der Waals surface area contributed by atoms with Crippen molar-refractivity contribution in [1.82, 2.24) is 15.1 Å². The molecule has 13 heteroatoms. The van der Waals surface area contributed by atoms with Crippen LogP contribution in [0.25, 0.3) is 0 Å². The van der Waals surface area contributed by atoms with Gasteiger partial charge in [-0.1, -0.05) is 12.1 Å². The van der Waals surface area contributed by atoms with Gasteiger partial charge in [0.2, 0.25) is 0 Å². The van der Waals surface area contributed by atoms with E-state index in [1.165, 1.54) is 54.6 Å². The lowest BCUT2D eigenvalue weighted by molar-refractivity contribution is -0.137. The van der Waals surface area contributed by atoms with Gasteiger partial charge in [0, 0.05) is 50.4 Å². The number of carboxylic acid groups (broad SMARTS) is 1. The number of morpholine rings is 1. The van der Waals surface area contributed by atoms with Crippen molar-refractivity contribution in [3.63, 3.8) is 0 Å². The molecule has 3 aromatic carbocycles. The number of carbonyl (C=O) groups excluding carboxylic acids is 3. The van der Waals surface area contributed by atoms with Crippen LogP contribution in [0.3, 0.4) is 0 Å². The van der Waals surface area contributed by atoms with Gasteiger partial charge in [-0.2, -0.15) is 0 Å². The highest BCUT2D eigenvalue weighted by Crippen LogP contribution is 2.30. The molecule has 11 nitrogen and oxygen atoms in total. The summed E-state index contributed by atoms with van der Waals surface area (Å²) in [5.74, 6) is -3.27. The zero-order valence-electron chi connectivity index (χ0n) is 24.4. The summed E-state index contributed by atoms with van der Waals surface area (Å²) in [6, 6.07) is 13.9. The molecule has 0 saturated carbocycles. The van der Waals surface area contributed by atoms with Gasteiger partial charge < -0.3 is 35.2 Å². The number of benzene rings is 3. The van der Waals surface area contributed by atoms with Crippen molar-refractivity contribution in [3.8, 4) is 0 Å². The molecule has 0 bridgehead atoms. The minimum absolute atomic E-state index is 0.0492. The van der Waals surface area contributed by atoms with E-state index in [0.29, 0.717) is 69.4 Å². The van der Waals surface area contributed by atoms with Gasteiger partial charge in [0.15, 0.2) is 0 Å². The van der Waals surface area contributed by atoms with E-state index < -0.39 is 41.9 Å². The normalized spacial score (nSPS) is 15.7. The average molecular weight is 622 g/mol. The number of hydrogen-bond donors (Lipinski definition) is 3. The van der Waals surface area contributed by atoms with Crippen LogP contribution < -0.4 is 15.5 Å². The molecule has 45 heavy (non-hydrogen) atoms. The van der Waals surface area contributed by atoms with Gasteiger partial charge in [0.1, 0.15) is 11.6 Å². The van der Waals surface area contributed by atoms with Crippen LogP contribution in [0.2, 0.25) is 0 Å². The lowest BCUT2D eigenvalue weighted by atomic mass is 10.0. The maximum atomic E-state index is 13.5. The number of hydrogen-bond acceptors (Lipinski definition) is 6. The molecule has 2 heterocycles. The fourth-order valence-corrected chi connectivity index (χ4v) is 5.31. The molecule has 236 valence electrons. The van der Waals surface area contributed by atoms with Crippen LogP contribution in [0.1, 0.15) is 38.7 Å². The highest BCUT2D eigenvalue weighted by atomic mass is 19.1. The molecule has 3 aromatic rings. The van der Waals surface area contributed by atoms with Crippen LogP contribution in [0.15, 0.2) is 66.7 Å². The SMILES string of the molecule is O=C(O)CC(NC(=O)c1ccc(N2CCN(C(=O)N3CCOCC3)CC2)c(NC(=O)c2ccc(F)cc2)c1)c1ccc(F)cc1. The topological polar surface area (TPSA) is 132 Å². The molecule has 4 amide bonds. The number of urea groups is 1. The van der Waals surface area contributed by atoms with Crippen molar-refractivity contribution < 1.29 is 37.8 Å². The fourth-order valence-electron chi connectivity index (χ4n) is 5.31. The van der Waals surface area contributed by atoms with Crippen molar-refractivity contribution in [2.75, 3.05) is 62.7 Å². The first kappa shape index (κ1) is 31.4. The van der Waals surface area contributed by atoms with Crippen molar-refractivity contribution >= 4 is 35.2 Å². The standard InChI is InChI=1S/C32H33F2N5O6/c33-24-6-1-21(2-7-24)26(20-29(40)41)35-31(43)23-5-10-28(27(19-23)36-30(42)22-3-8-25(34)9-4-22)37-11-13-38(14-12-37)32(44)39-15-17-45-18-16-39/h1-10,19,26H,11-18,20H2,(H,35,43)(H,36,42)(H,40,41). The van der Waals surface area contributed by atoms with E-state index >= 15 is 0 Å². The molecule has 2 fully saturated rings. The van der Waals surface area contributed by atoms with Crippen LogP contribution in [-0.4, -0.2) is 91.2 Å². The van der Waals surface area contributed by atoms with E-state index in [9.17, 15) is 33.1 Å². The molecular formula is C32H33F2N5O6. The number of carbonyl (C=O) groups is 4. The summed E-state index contributed by atoms with van der Waals surface area (Å²) in [7, 11) is 0. The van der Waals surface area contributed by atoms with Gasteiger partial charge in [0.05, 0.1) is 37.1 Å². The molecule has 0 spiro atoms. The second-order valence-electron chi connectivity index (χ2n) is 10.7. The molecule has 2 saturated heterocycles. The largest absolute Gasteiger partial charge is 0.481 e. The minimum atomic E-state index is -1.15.